The number of hydrogen-bond donors (Lipinski definition) is 1. The maximum absolute atomic E-state index is 11.2. The summed E-state index contributed by atoms with van der Waals surface area (Å²) in [6.07, 6.45) is 0.469. The lowest BCUT2D eigenvalue weighted by molar-refractivity contribution is -0.385. The van der Waals surface area contributed by atoms with Crippen LogP contribution in [0.3, 0.4) is 0 Å². The van der Waals surface area contributed by atoms with E-state index >= 15 is 0 Å². The third-order valence-electron chi connectivity index (χ3n) is 3.77. The molecule has 0 aromatic heterocycles. The molecule has 1 unspecified atom stereocenters. The molecule has 122 valence electrons. The number of nitro benzene ring substituents is 1. The third kappa shape index (κ3) is 3.60. The first-order valence-electron chi connectivity index (χ1n) is 7.22. The Labute approximate surface area is 135 Å². The van der Waals surface area contributed by atoms with Crippen molar-refractivity contribution in [2.75, 3.05) is 21.3 Å². The van der Waals surface area contributed by atoms with E-state index in [4.69, 9.17) is 9.47 Å². The molecular weight excluding hydrogens is 296 g/mol. The summed E-state index contributed by atoms with van der Waals surface area (Å²) in [5, 5.41) is 14.4. The van der Waals surface area contributed by atoms with Gasteiger partial charge in [-0.3, -0.25) is 10.1 Å². The predicted octanol–water partition coefficient (Wildman–Crippen LogP) is 3.12. The number of ether oxygens (including phenoxy) is 2. The minimum Gasteiger partial charge on any atom is -0.493 e. The zero-order valence-corrected chi connectivity index (χ0v) is 13.4. The number of nitro groups is 1. The van der Waals surface area contributed by atoms with Gasteiger partial charge in [0.25, 0.3) is 5.69 Å². The van der Waals surface area contributed by atoms with E-state index in [2.05, 4.69) is 5.32 Å². The van der Waals surface area contributed by atoms with Gasteiger partial charge in [-0.15, -0.1) is 0 Å². The van der Waals surface area contributed by atoms with Crippen LogP contribution in [0.25, 0.3) is 0 Å². The average Bonchev–Trinajstić information content (AvgIpc) is 2.59. The first kappa shape index (κ1) is 16.8. The zero-order valence-electron chi connectivity index (χ0n) is 13.4. The minimum atomic E-state index is -0.356. The molecule has 0 saturated heterocycles. The van der Waals surface area contributed by atoms with E-state index in [0.29, 0.717) is 23.5 Å². The lowest BCUT2D eigenvalue weighted by Gasteiger charge is -2.21. The molecule has 0 bridgehead atoms. The van der Waals surface area contributed by atoms with Gasteiger partial charge < -0.3 is 14.8 Å². The monoisotopic (exact) mass is 316 g/mol. The van der Waals surface area contributed by atoms with Crippen LogP contribution in [-0.4, -0.2) is 26.2 Å². The molecule has 0 spiro atoms. The van der Waals surface area contributed by atoms with Gasteiger partial charge in [0.2, 0.25) is 0 Å². The van der Waals surface area contributed by atoms with Crippen LogP contribution in [0, 0.1) is 10.1 Å². The molecule has 2 rings (SSSR count). The Morgan fingerprint density at radius 3 is 2.48 bits per heavy atom. The highest BCUT2D eigenvalue weighted by Gasteiger charge is 2.21. The number of nitrogens with one attached hydrogen (secondary N) is 1. The molecule has 1 N–H and O–H groups in total. The molecule has 23 heavy (non-hydrogen) atoms. The second kappa shape index (κ2) is 7.60. The zero-order chi connectivity index (χ0) is 16.8. The summed E-state index contributed by atoms with van der Waals surface area (Å²) in [4.78, 5) is 10.8. The molecule has 0 aliphatic carbocycles. The van der Waals surface area contributed by atoms with Crippen molar-refractivity contribution in [2.45, 2.75) is 12.5 Å². The molecule has 6 heteroatoms. The first-order valence-corrected chi connectivity index (χ1v) is 7.22. The molecule has 0 amide bonds. The molecule has 0 radical (unpaired) electrons. The molecule has 0 fully saturated rings. The Kier molecular flexibility index (Phi) is 5.54. The Balaban J connectivity index is 2.41. The molecule has 0 aliphatic rings. The van der Waals surface area contributed by atoms with E-state index in [0.717, 1.165) is 5.56 Å². The highest BCUT2D eigenvalue weighted by Crippen LogP contribution is 2.36. The van der Waals surface area contributed by atoms with E-state index in [9.17, 15) is 10.1 Å². The maximum Gasteiger partial charge on any atom is 0.272 e. The Morgan fingerprint density at radius 1 is 1.13 bits per heavy atom. The lowest BCUT2D eigenvalue weighted by Crippen LogP contribution is -2.20. The highest BCUT2D eigenvalue weighted by atomic mass is 16.6. The van der Waals surface area contributed by atoms with Crippen LogP contribution in [0.5, 0.6) is 11.5 Å². The standard InChI is InChI=1S/C17H20N2O4/c1-18-14(11-12-7-4-5-9-15(12)19(20)21)13-8-6-10-16(22-2)17(13)23-3/h4-10,14,18H,11H2,1-3H3. The molecule has 1 atom stereocenters. The summed E-state index contributed by atoms with van der Waals surface area (Å²) in [6.45, 7) is 0. The first-order chi connectivity index (χ1) is 11.1. The van der Waals surface area contributed by atoms with Crippen molar-refractivity contribution in [1.82, 2.24) is 5.32 Å². The molecule has 0 heterocycles. The van der Waals surface area contributed by atoms with Crippen LogP contribution in [-0.2, 0) is 6.42 Å². The fourth-order valence-corrected chi connectivity index (χ4v) is 2.64. The Hall–Kier alpha value is -2.60. The largest absolute Gasteiger partial charge is 0.493 e. The van der Waals surface area contributed by atoms with Gasteiger partial charge in [-0.25, -0.2) is 0 Å². The number of rotatable bonds is 7. The second-order valence-electron chi connectivity index (χ2n) is 5.01. The Bertz CT molecular complexity index is 688. The van der Waals surface area contributed by atoms with Crippen LogP contribution in [0.2, 0.25) is 0 Å². The average molecular weight is 316 g/mol. The molecule has 0 aliphatic heterocycles. The van der Waals surface area contributed by atoms with Crippen molar-refractivity contribution in [3.8, 4) is 11.5 Å². The summed E-state index contributed by atoms with van der Waals surface area (Å²) in [5.74, 6) is 1.26. The van der Waals surface area contributed by atoms with E-state index < -0.39 is 0 Å². The molecule has 2 aromatic carbocycles. The molecule has 6 nitrogen and oxygen atoms in total. The van der Waals surface area contributed by atoms with Gasteiger partial charge in [-0.2, -0.15) is 0 Å². The van der Waals surface area contributed by atoms with E-state index in [1.54, 1.807) is 32.4 Å². The van der Waals surface area contributed by atoms with Crippen LogP contribution in [0.15, 0.2) is 42.5 Å². The van der Waals surface area contributed by atoms with Crippen LogP contribution < -0.4 is 14.8 Å². The van der Waals surface area contributed by atoms with Crippen LogP contribution >= 0.6 is 0 Å². The molecular formula is C17H20N2O4. The summed E-state index contributed by atoms with van der Waals surface area (Å²) in [5.41, 5.74) is 1.68. The lowest BCUT2D eigenvalue weighted by atomic mass is 9.97. The maximum atomic E-state index is 11.2. The quantitative estimate of drug-likeness (QED) is 0.627. The van der Waals surface area contributed by atoms with Crippen LogP contribution in [0.4, 0.5) is 5.69 Å². The second-order valence-corrected chi connectivity index (χ2v) is 5.01. The molecule has 0 saturated carbocycles. The van der Waals surface area contributed by atoms with Gasteiger partial charge in [-0.05, 0) is 19.5 Å². The fraction of sp³-hybridized carbons (Fsp3) is 0.294. The van der Waals surface area contributed by atoms with Crippen molar-refractivity contribution in [3.05, 3.63) is 63.7 Å². The van der Waals surface area contributed by atoms with Gasteiger partial charge in [0.05, 0.1) is 19.1 Å². The topological polar surface area (TPSA) is 73.6 Å². The number of hydrogen-bond acceptors (Lipinski definition) is 5. The number of nitrogens with zero attached hydrogens (tertiary/aromatic N) is 1. The van der Waals surface area contributed by atoms with Gasteiger partial charge in [0, 0.05) is 23.2 Å². The number of benzene rings is 2. The van der Waals surface area contributed by atoms with Crippen molar-refractivity contribution in [3.63, 3.8) is 0 Å². The van der Waals surface area contributed by atoms with Gasteiger partial charge >= 0.3 is 0 Å². The summed E-state index contributed by atoms with van der Waals surface area (Å²) < 4.78 is 10.8. The predicted molar refractivity (Wildman–Crippen MR) is 88.1 cm³/mol. The number of methoxy groups -OCH3 is 2. The Morgan fingerprint density at radius 2 is 1.87 bits per heavy atom. The van der Waals surface area contributed by atoms with Crippen molar-refractivity contribution >= 4 is 5.69 Å². The van der Waals surface area contributed by atoms with Crippen molar-refractivity contribution < 1.29 is 14.4 Å². The van der Waals surface area contributed by atoms with Crippen molar-refractivity contribution in [1.29, 1.82) is 0 Å². The number of likely N-dealkylation sites (N-methyl/N-ethyl adjacent to an activating group) is 1. The van der Waals surface area contributed by atoms with Gasteiger partial charge in [0.1, 0.15) is 0 Å². The van der Waals surface area contributed by atoms with Gasteiger partial charge in [0.15, 0.2) is 11.5 Å². The normalized spacial score (nSPS) is 11.8. The van der Waals surface area contributed by atoms with Gasteiger partial charge in [-0.1, -0.05) is 30.3 Å². The van der Waals surface area contributed by atoms with Crippen LogP contribution in [0.1, 0.15) is 17.2 Å². The smallest absolute Gasteiger partial charge is 0.272 e. The van der Waals surface area contributed by atoms with E-state index in [-0.39, 0.29) is 16.7 Å². The van der Waals surface area contributed by atoms with E-state index in [1.165, 1.54) is 6.07 Å². The number of para-hydroxylation sites is 2. The third-order valence-corrected chi connectivity index (χ3v) is 3.77. The molecule has 2 aromatic rings. The fourth-order valence-electron chi connectivity index (χ4n) is 2.64. The van der Waals surface area contributed by atoms with Crippen molar-refractivity contribution in [2.24, 2.45) is 0 Å². The summed E-state index contributed by atoms with van der Waals surface area (Å²) in [7, 11) is 4.98. The van der Waals surface area contributed by atoms with E-state index in [1.807, 2.05) is 25.2 Å². The summed E-state index contributed by atoms with van der Waals surface area (Å²) >= 11 is 0. The SMILES string of the molecule is CNC(Cc1ccccc1[N+](=O)[O-])c1cccc(OC)c1OC. The highest BCUT2D eigenvalue weighted by molar-refractivity contribution is 5.49. The minimum absolute atomic E-state index is 0.120. The summed E-state index contributed by atoms with van der Waals surface area (Å²) in [6, 6.07) is 12.2.